The Bertz CT molecular complexity index is 985. The van der Waals surface area contributed by atoms with Crippen molar-refractivity contribution in [3.63, 3.8) is 0 Å². The Hall–Kier alpha value is -1.93. The fourth-order valence-electron chi connectivity index (χ4n) is 4.32. The van der Waals surface area contributed by atoms with Gasteiger partial charge in [-0.25, -0.2) is 13.1 Å². The van der Waals surface area contributed by atoms with Gasteiger partial charge in [0.25, 0.3) is 0 Å². The summed E-state index contributed by atoms with van der Waals surface area (Å²) in [5.41, 5.74) is 3.22. The Morgan fingerprint density at radius 1 is 1.03 bits per heavy atom. The smallest absolute Gasteiger partial charge is 0.240 e. The van der Waals surface area contributed by atoms with Gasteiger partial charge in [0.2, 0.25) is 10.0 Å². The number of methoxy groups -OCH3 is 1. The number of aliphatic hydroxyl groups is 1. The number of anilines is 1. The molecule has 1 aliphatic carbocycles. The standard InChI is InChI=1S/C24H34N2O4S/c1-16-7-5-6-8-22(16)24(27)25-23-14-13-21(15-17(23)2)31(28,29)26-18(3)19-9-11-20(30-4)12-10-19/h5-8,13-15,18-20,24-27H,9-12H2,1-4H3. The van der Waals surface area contributed by atoms with Crippen molar-refractivity contribution in [2.45, 2.75) is 69.7 Å². The summed E-state index contributed by atoms with van der Waals surface area (Å²) >= 11 is 0. The van der Waals surface area contributed by atoms with Crippen LogP contribution in [0.4, 0.5) is 5.69 Å². The Labute approximate surface area is 186 Å². The van der Waals surface area contributed by atoms with E-state index in [1.54, 1.807) is 25.3 Å². The average Bonchev–Trinajstić information content (AvgIpc) is 2.75. The van der Waals surface area contributed by atoms with E-state index in [2.05, 4.69) is 10.0 Å². The fraction of sp³-hybridized carbons (Fsp3) is 0.500. The SMILES string of the molecule is COC1CCC(C(C)NS(=O)(=O)c2ccc(NC(O)c3ccccc3C)c(C)c2)CC1. The minimum Gasteiger partial charge on any atom is -0.381 e. The third-order valence-corrected chi connectivity index (χ3v) is 7.94. The first-order valence-electron chi connectivity index (χ1n) is 10.9. The van der Waals surface area contributed by atoms with Gasteiger partial charge in [-0.15, -0.1) is 0 Å². The van der Waals surface area contributed by atoms with Crippen LogP contribution in [-0.2, 0) is 14.8 Å². The van der Waals surface area contributed by atoms with Crippen molar-refractivity contribution < 1.29 is 18.3 Å². The highest BCUT2D eigenvalue weighted by Crippen LogP contribution is 2.30. The van der Waals surface area contributed by atoms with E-state index in [-0.39, 0.29) is 17.0 Å². The van der Waals surface area contributed by atoms with Crippen molar-refractivity contribution in [2.75, 3.05) is 12.4 Å². The molecule has 0 bridgehead atoms. The molecule has 6 nitrogen and oxygen atoms in total. The minimum atomic E-state index is -3.63. The van der Waals surface area contributed by atoms with Gasteiger partial charge in [-0.2, -0.15) is 0 Å². The minimum absolute atomic E-state index is 0.135. The van der Waals surface area contributed by atoms with Crippen LogP contribution < -0.4 is 10.0 Å². The Balaban J connectivity index is 1.67. The van der Waals surface area contributed by atoms with Crippen LogP contribution in [0.2, 0.25) is 0 Å². The van der Waals surface area contributed by atoms with Crippen LogP contribution in [-0.4, -0.2) is 32.8 Å². The molecule has 2 unspecified atom stereocenters. The zero-order valence-electron chi connectivity index (χ0n) is 18.8. The molecule has 3 N–H and O–H groups in total. The molecule has 2 atom stereocenters. The number of benzene rings is 2. The predicted octanol–water partition coefficient (Wildman–Crippen LogP) is 4.28. The van der Waals surface area contributed by atoms with Crippen molar-refractivity contribution >= 4 is 15.7 Å². The van der Waals surface area contributed by atoms with Gasteiger partial charge in [0.1, 0.15) is 0 Å². The van der Waals surface area contributed by atoms with Crippen LogP contribution in [0.3, 0.4) is 0 Å². The van der Waals surface area contributed by atoms with E-state index in [0.29, 0.717) is 11.6 Å². The van der Waals surface area contributed by atoms with Gasteiger partial charge < -0.3 is 15.2 Å². The molecule has 1 aliphatic rings. The van der Waals surface area contributed by atoms with Crippen molar-refractivity contribution in [1.29, 1.82) is 0 Å². The Kier molecular flexibility index (Phi) is 7.75. The Morgan fingerprint density at radius 3 is 2.32 bits per heavy atom. The van der Waals surface area contributed by atoms with Crippen LogP contribution >= 0.6 is 0 Å². The summed E-state index contributed by atoms with van der Waals surface area (Å²) in [6.45, 7) is 5.72. The third kappa shape index (κ3) is 5.86. The highest BCUT2D eigenvalue weighted by atomic mass is 32.2. The molecule has 2 aromatic carbocycles. The van der Waals surface area contributed by atoms with Gasteiger partial charge in [0, 0.05) is 24.4 Å². The summed E-state index contributed by atoms with van der Waals surface area (Å²) in [6.07, 6.45) is 3.27. The molecule has 0 saturated heterocycles. The van der Waals surface area contributed by atoms with Crippen LogP contribution in [0.25, 0.3) is 0 Å². The van der Waals surface area contributed by atoms with Crippen molar-refractivity contribution in [2.24, 2.45) is 5.92 Å². The molecule has 0 amide bonds. The maximum Gasteiger partial charge on any atom is 0.240 e. The maximum absolute atomic E-state index is 13.0. The van der Waals surface area contributed by atoms with Gasteiger partial charge in [0.15, 0.2) is 6.23 Å². The lowest BCUT2D eigenvalue weighted by Gasteiger charge is -2.31. The highest BCUT2D eigenvalue weighted by Gasteiger charge is 2.28. The summed E-state index contributed by atoms with van der Waals surface area (Å²) in [5, 5.41) is 13.6. The van der Waals surface area contributed by atoms with E-state index in [9.17, 15) is 13.5 Å². The molecule has 1 fully saturated rings. The number of hydrogen-bond acceptors (Lipinski definition) is 5. The van der Waals surface area contributed by atoms with Gasteiger partial charge in [0.05, 0.1) is 11.0 Å². The first kappa shape index (κ1) is 23.7. The van der Waals surface area contributed by atoms with E-state index < -0.39 is 16.3 Å². The summed E-state index contributed by atoms with van der Waals surface area (Å²) in [5.74, 6) is 0.312. The van der Waals surface area contributed by atoms with Crippen molar-refractivity contribution in [3.8, 4) is 0 Å². The monoisotopic (exact) mass is 446 g/mol. The molecule has 31 heavy (non-hydrogen) atoms. The number of aryl methyl sites for hydroxylation is 2. The molecule has 2 aromatic rings. The van der Waals surface area contributed by atoms with Crippen LogP contribution in [0.15, 0.2) is 47.4 Å². The number of hydrogen-bond donors (Lipinski definition) is 3. The van der Waals surface area contributed by atoms with E-state index >= 15 is 0 Å². The quantitative estimate of drug-likeness (QED) is 0.527. The van der Waals surface area contributed by atoms with Crippen molar-refractivity contribution in [3.05, 3.63) is 59.2 Å². The van der Waals surface area contributed by atoms with Gasteiger partial charge in [-0.05, 0) is 81.7 Å². The second-order valence-corrected chi connectivity index (χ2v) is 10.3. The van der Waals surface area contributed by atoms with Crippen LogP contribution in [0.1, 0.15) is 55.5 Å². The molecular weight excluding hydrogens is 412 g/mol. The van der Waals surface area contributed by atoms with Gasteiger partial charge in [-0.1, -0.05) is 24.3 Å². The molecule has 1 saturated carbocycles. The topological polar surface area (TPSA) is 87.7 Å². The number of nitrogens with one attached hydrogen (secondary N) is 2. The zero-order valence-corrected chi connectivity index (χ0v) is 19.6. The lowest BCUT2D eigenvalue weighted by molar-refractivity contribution is 0.0529. The Morgan fingerprint density at radius 2 is 1.71 bits per heavy atom. The van der Waals surface area contributed by atoms with Gasteiger partial charge >= 0.3 is 0 Å². The predicted molar refractivity (Wildman–Crippen MR) is 123 cm³/mol. The normalized spacial score (nSPS) is 21.5. The molecule has 0 heterocycles. The molecule has 170 valence electrons. The first-order chi connectivity index (χ1) is 14.7. The zero-order chi connectivity index (χ0) is 22.6. The second-order valence-electron chi connectivity index (χ2n) is 8.56. The van der Waals surface area contributed by atoms with E-state index in [4.69, 9.17) is 4.74 Å². The van der Waals surface area contributed by atoms with Crippen molar-refractivity contribution in [1.82, 2.24) is 4.72 Å². The number of rotatable bonds is 8. The number of aliphatic hydroxyl groups excluding tert-OH is 1. The molecule has 7 heteroatoms. The second kappa shape index (κ2) is 10.1. The molecule has 0 aliphatic heterocycles. The summed E-state index contributed by atoms with van der Waals surface area (Å²) in [6, 6.07) is 12.4. The first-order valence-corrected chi connectivity index (χ1v) is 12.4. The van der Waals surface area contributed by atoms with E-state index in [0.717, 1.165) is 42.4 Å². The van der Waals surface area contributed by atoms with Gasteiger partial charge in [-0.3, -0.25) is 0 Å². The van der Waals surface area contributed by atoms with E-state index in [1.165, 1.54) is 0 Å². The van der Waals surface area contributed by atoms with Crippen LogP contribution in [0, 0.1) is 19.8 Å². The molecule has 0 spiro atoms. The molecule has 0 aromatic heterocycles. The largest absolute Gasteiger partial charge is 0.381 e. The molecular formula is C24H34N2O4S. The average molecular weight is 447 g/mol. The number of sulfonamides is 1. The summed E-state index contributed by atoms with van der Waals surface area (Å²) in [7, 11) is -1.89. The highest BCUT2D eigenvalue weighted by molar-refractivity contribution is 7.89. The van der Waals surface area contributed by atoms with E-state index in [1.807, 2.05) is 45.0 Å². The summed E-state index contributed by atoms with van der Waals surface area (Å²) in [4.78, 5) is 0.235. The lowest BCUT2D eigenvalue weighted by atomic mass is 9.83. The molecule has 3 rings (SSSR count). The lowest BCUT2D eigenvalue weighted by Crippen LogP contribution is -2.40. The molecule has 0 radical (unpaired) electrons. The third-order valence-electron chi connectivity index (χ3n) is 6.38. The fourth-order valence-corrected chi connectivity index (χ4v) is 5.71. The van der Waals surface area contributed by atoms with Crippen LogP contribution in [0.5, 0.6) is 0 Å². The summed E-state index contributed by atoms with van der Waals surface area (Å²) < 4.78 is 34.2. The number of ether oxygens (including phenoxy) is 1. The maximum atomic E-state index is 13.0.